The van der Waals surface area contributed by atoms with Crippen LogP contribution in [-0.2, 0) is 6.18 Å². The average Bonchev–Trinajstić information content (AvgIpc) is 3.06. The van der Waals surface area contributed by atoms with E-state index in [1.165, 1.54) is 25.5 Å². The van der Waals surface area contributed by atoms with E-state index in [-0.39, 0.29) is 11.6 Å². The third kappa shape index (κ3) is 4.79. The summed E-state index contributed by atoms with van der Waals surface area (Å²) >= 11 is 0.845. The van der Waals surface area contributed by atoms with E-state index in [1.54, 1.807) is 24.3 Å². The molecule has 10 heteroatoms. The topological polar surface area (TPSA) is 59.4 Å². The second kappa shape index (κ2) is 7.70. The number of nitrogens with zero attached hydrogens (tertiary/aromatic N) is 3. The van der Waals surface area contributed by atoms with Crippen molar-refractivity contribution in [3.8, 4) is 17.0 Å². The Morgan fingerprint density at radius 2 is 1.85 bits per heavy atom. The monoisotopic (exact) mass is 396 g/mol. The van der Waals surface area contributed by atoms with Gasteiger partial charge in [0.15, 0.2) is 10.8 Å². The zero-order valence-electron chi connectivity index (χ0n) is 13.8. The number of ether oxygens (including phenoxy) is 1. The first-order chi connectivity index (χ1) is 12.8. The maximum atomic E-state index is 13.2. The van der Waals surface area contributed by atoms with E-state index in [2.05, 4.69) is 20.5 Å². The third-order valence-electron chi connectivity index (χ3n) is 3.35. The van der Waals surface area contributed by atoms with Gasteiger partial charge in [-0.05, 0) is 42.5 Å². The summed E-state index contributed by atoms with van der Waals surface area (Å²) in [5, 5.41) is 3.37. The van der Waals surface area contributed by atoms with Crippen molar-refractivity contribution >= 4 is 23.5 Å². The molecule has 3 rings (SSSR count). The molecular weight excluding hydrogens is 384 g/mol. The van der Waals surface area contributed by atoms with E-state index in [0.29, 0.717) is 16.2 Å². The highest BCUT2D eigenvalue weighted by Gasteiger charge is 2.33. The number of aromatic nitrogens is 2. The van der Waals surface area contributed by atoms with E-state index in [0.717, 1.165) is 17.4 Å². The molecule has 0 bridgehead atoms. The van der Waals surface area contributed by atoms with Gasteiger partial charge in [0.05, 0.1) is 23.9 Å². The van der Waals surface area contributed by atoms with Gasteiger partial charge in [-0.2, -0.15) is 22.7 Å². The van der Waals surface area contributed by atoms with Crippen LogP contribution in [-0.4, -0.2) is 23.3 Å². The fraction of sp³-hybridized carbons (Fsp3) is 0.118. The van der Waals surface area contributed by atoms with Crippen molar-refractivity contribution < 1.29 is 22.3 Å². The summed E-state index contributed by atoms with van der Waals surface area (Å²) in [6.07, 6.45) is -3.38. The van der Waals surface area contributed by atoms with Crippen molar-refractivity contribution in [3.63, 3.8) is 0 Å². The Hall–Kier alpha value is -3.01. The Morgan fingerprint density at radius 1 is 1.11 bits per heavy atom. The molecule has 140 valence electrons. The highest BCUT2D eigenvalue weighted by Crippen LogP contribution is 2.31. The Morgan fingerprint density at radius 3 is 2.44 bits per heavy atom. The first-order valence-corrected chi connectivity index (χ1v) is 8.32. The molecule has 0 saturated carbocycles. The van der Waals surface area contributed by atoms with Crippen molar-refractivity contribution in [2.75, 3.05) is 12.5 Å². The fourth-order valence-corrected chi connectivity index (χ4v) is 2.71. The van der Waals surface area contributed by atoms with Crippen LogP contribution < -0.4 is 10.2 Å². The largest absolute Gasteiger partial charge is 0.497 e. The number of benzene rings is 1. The summed E-state index contributed by atoms with van der Waals surface area (Å²) in [5.74, 6) is 0.235. The van der Waals surface area contributed by atoms with Crippen molar-refractivity contribution in [1.29, 1.82) is 0 Å². The molecule has 0 aliphatic rings. The number of anilines is 1. The number of hydrogen-bond donors (Lipinski definition) is 1. The Kier molecular flexibility index (Phi) is 5.36. The van der Waals surface area contributed by atoms with Crippen LogP contribution in [0.1, 0.15) is 10.6 Å². The maximum absolute atomic E-state index is 13.2. The molecule has 2 aromatic heterocycles. The minimum Gasteiger partial charge on any atom is -0.497 e. The third-order valence-corrected chi connectivity index (χ3v) is 4.16. The normalized spacial score (nSPS) is 11.7. The molecule has 0 radical (unpaired) electrons. The molecule has 0 aliphatic carbocycles. The van der Waals surface area contributed by atoms with Gasteiger partial charge in [0.2, 0.25) is 5.95 Å². The van der Waals surface area contributed by atoms with E-state index in [4.69, 9.17) is 4.74 Å². The summed E-state index contributed by atoms with van der Waals surface area (Å²) in [6, 6.07) is 10.00. The first kappa shape index (κ1) is 18.8. The quantitative estimate of drug-likeness (QED) is 0.382. The van der Waals surface area contributed by atoms with E-state index >= 15 is 0 Å². The lowest BCUT2D eigenvalue weighted by atomic mass is 10.1. The zero-order chi connectivity index (χ0) is 19.4. The summed E-state index contributed by atoms with van der Waals surface area (Å²) in [5.41, 5.74) is 1.77. The van der Waals surface area contributed by atoms with Crippen LogP contribution in [0.4, 0.5) is 23.5 Å². The Balaban J connectivity index is 1.91. The molecule has 1 N–H and O–H groups in total. The fourth-order valence-electron chi connectivity index (χ4n) is 2.10. The van der Waals surface area contributed by atoms with Crippen molar-refractivity contribution in [1.82, 2.24) is 9.97 Å². The number of halogens is 4. The minimum atomic E-state index is -4.65. The van der Waals surface area contributed by atoms with Crippen LogP contribution in [0.2, 0.25) is 0 Å². The smallest absolute Gasteiger partial charge is 0.433 e. The molecule has 0 amide bonds. The van der Waals surface area contributed by atoms with E-state index in [9.17, 15) is 17.6 Å². The zero-order valence-corrected chi connectivity index (χ0v) is 14.6. The molecule has 0 atom stereocenters. The maximum Gasteiger partial charge on any atom is 0.433 e. The lowest BCUT2D eigenvalue weighted by molar-refractivity contribution is -0.141. The molecule has 1 aromatic carbocycles. The first-order valence-electron chi connectivity index (χ1n) is 7.50. The average molecular weight is 396 g/mol. The second-order valence-electron chi connectivity index (χ2n) is 5.20. The molecule has 0 fully saturated rings. The van der Waals surface area contributed by atoms with Gasteiger partial charge in [0, 0.05) is 5.56 Å². The van der Waals surface area contributed by atoms with Crippen molar-refractivity contribution in [2.24, 2.45) is 5.10 Å². The van der Waals surface area contributed by atoms with E-state index < -0.39 is 17.0 Å². The standard InChI is InChI=1S/C17H12F4N4OS/c1-26-11-4-2-10(3-5-11)13-8-14(17(19,20)21)24-16(23-13)25-22-9-12-6-7-15(18)27-12/h2-9H,1H3,(H,23,24,25)/b22-9+. The highest BCUT2D eigenvalue weighted by atomic mass is 32.1. The molecule has 3 aromatic rings. The Bertz CT molecular complexity index is 954. The minimum absolute atomic E-state index is 0.0693. The van der Waals surface area contributed by atoms with Crippen molar-refractivity contribution in [3.05, 3.63) is 58.2 Å². The van der Waals surface area contributed by atoms with Crippen LogP contribution in [0.25, 0.3) is 11.3 Å². The molecule has 0 spiro atoms. The van der Waals surface area contributed by atoms with Gasteiger partial charge in [0.25, 0.3) is 0 Å². The van der Waals surface area contributed by atoms with Crippen LogP contribution in [0.5, 0.6) is 5.75 Å². The van der Waals surface area contributed by atoms with Gasteiger partial charge < -0.3 is 4.74 Å². The number of hydrogen-bond acceptors (Lipinski definition) is 6. The number of methoxy groups -OCH3 is 1. The molecule has 0 saturated heterocycles. The second-order valence-corrected chi connectivity index (χ2v) is 6.27. The Labute approximate surface area is 155 Å². The lowest BCUT2D eigenvalue weighted by Gasteiger charge is -2.10. The summed E-state index contributed by atoms with van der Waals surface area (Å²) in [4.78, 5) is 7.99. The van der Waals surface area contributed by atoms with Crippen LogP contribution in [0.3, 0.4) is 0 Å². The van der Waals surface area contributed by atoms with Crippen LogP contribution in [0.15, 0.2) is 47.6 Å². The van der Waals surface area contributed by atoms with Gasteiger partial charge in [0.1, 0.15) is 5.75 Å². The lowest BCUT2D eigenvalue weighted by Crippen LogP contribution is -2.11. The molecular formula is C17H12F4N4OS. The van der Waals surface area contributed by atoms with Gasteiger partial charge in [-0.25, -0.2) is 15.4 Å². The summed E-state index contributed by atoms with van der Waals surface area (Å²) in [6.45, 7) is 0. The number of hydrazone groups is 1. The predicted octanol–water partition coefficient (Wildman–Crippen LogP) is 4.82. The number of nitrogens with one attached hydrogen (secondary N) is 1. The summed E-state index contributed by atoms with van der Waals surface area (Å²) in [7, 11) is 1.49. The molecule has 0 unspecified atom stereocenters. The molecule has 27 heavy (non-hydrogen) atoms. The van der Waals surface area contributed by atoms with Crippen LogP contribution >= 0.6 is 11.3 Å². The van der Waals surface area contributed by atoms with Gasteiger partial charge in [-0.1, -0.05) is 0 Å². The predicted molar refractivity (Wildman–Crippen MR) is 94.5 cm³/mol. The van der Waals surface area contributed by atoms with Gasteiger partial charge in [-0.3, -0.25) is 0 Å². The van der Waals surface area contributed by atoms with Crippen LogP contribution in [0, 0.1) is 5.13 Å². The van der Waals surface area contributed by atoms with E-state index in [1.807, 2.05) is 0 Å². The molecule has 2 heterocycles. The number of alkyl halides is 3. The molecule has 0 aliphatic heterocycles. The highest BCUT2D eigenvalue weighted by molar-refractivity contribution is 7.12. The van der Waals surface area contributed by atoms with Gasteiger partial charge in [-0.15, -0.1) is 11.3 Å². The SMILES string of the molecule is COc1ccc(-c2cc(C(F)(F)F)nc(N/N=C/c3ccc(F)s3)n2)cc1. The van der Waals surface area contributed by atoms with Crippen molar-refractivity contribution in [2.45, 2.75) is 6.18 Å². The molecule has 5 nitrogen and oxygen atoms in total. The number of rotatable bonds is 5. The number of thiophene rings is 1. The summed E-state index contributed by atoms with van der Waals surface area (Å²) < 4.78 is 57.4. The van der Waals surface area contributed by atoms with Gasteiger partial charge >= 0.3 is 6.18 Å².